The number of nitrogens with zero attached hydrogens (tertiary/aromatic N) is 2. The Bertz CT molecular complexity index is 719. The molecule has 0 spiro atoms. The van der Waals surface area contributed by atoms with Gasteiger partial charge in [-0.2, -0.15) is 0 Å². The summed E-state index contributed by atoms with van der Waals surface area (Å²) in [5, 5.41) is 0.619. The van der Waals surface area contributed by atoms with Gasteiger partial charge in [0.05, 0.1) is 16.8 Å². The Hall–Kier alpha value is -1.20. The van der Waals surface area contributed by atoms with E-state index in [1.54, 1.807) is 10.6 Å². The van der Waals surface area contributed by atoms with Crippen molar-refractivity contribution < 1.29 is 4.21 Å². The summed E-state index contributed by atoms with van der Waals surface area (Å²) in [6, 6.07) is 7.38. The predicted molar refractivity (Wildman–Crippen MR) is 81.7 cm³/mol. The molecule has 0 aliphatic carbocycles. The van der Waals surface area contributed by atoms with E-state index in [0.717, 1.165) is 12.8 Å². The van der Waals surface area contributed by atoms with E-state index in [9.17, 15) is 9.00 Å². The van der Waals surface area contributed by atoms with Crippen LogP contribution in [0.5, 0.6) is 0 Å². The van der Waals surface area contributed by atoms with Crippen LogP contribution in [0.25, 0.3) is 10.9 Å². The summed E-state index contributed by atoms with van der Waals surface area (Å²) in [7, 11) is -0.746. The first-order valence-electron chi connectivity index (χ1n) is 6.62. The molecule has 1 aliphatic rings. The molecule has 2 aromatic rings. The molecule has 1 aromatic heterocycles. The Balaban J connectivity index is 2.16. The van der Waals surface area contributed by atoms with Crippen molar-refractivity contribution >= 4 is 33.3 Å². The first-order valence-corrected chi connectivity index (χ1v) is 8.64. The van der Waals surface area contributed by atoms with Gasteiger partial charge < -0.3 is 0 Å². The first-order chi connectivity index (χ1) is 9.70. The lowest BCUT2D eigenvalue weighted by molar-refractivity contribution is 0.436. The molecule has 0 amide bonds. The zero-order valence-electron chi connectivity index (χ0n) is 10.9. The number of hydrogen-bond acceptors (Lipinski definition) is 3. The number of halogens is 1. The Labute approximate surface area is 124 Å². The van der Waals surface area contributed by atoms with E-state index in [0.29, 0.717) is 28.2 Å². The van der Waals surface area contributed by atoms with Crippen molar-refractivity contribution in [3.05, 3.63) is 40.4 Å². The van der Waals surface area contributed by atoms with Gasteiger partial charge in [0.25, 0.3) is 5.56 Å². The van der Waals surface area contributed by atoms with E-state index in [4.69, 9.17) is 11.6 Å². The van der Waals surface area contributed by atoms with Gasteiger partial charge in [0.1, 0.15) is 5.82 Å². The Morgan fingerprint density at radius 2 is 2.00 bits per heavy atom. The summed E-state index contributed by atoms with van der Waals surface area (Å²) < 4.78 is 13.2. The molecule has 1 fully saturated rings. The average Bonchev–Trinajstić information content (AvgIpc) is 2.48. The highest BCUT2D eigenvalue weighted by Crippen LogP contribution is 2.23. The van der Waals surface area contributed by atoms with Gasteiger partial charge in [0, 0.05) is 28.3 Å². The highest BCUT2D eigenvalue weighted by atomic mass is 35.5. The van der Waals surface area contributed by atoms with Crippen LogP contribution in [0.1, 0.15) is 24.7 Å². The second-order valence-electron chi connectivity index (χ2n) is 4.93. The van der Waals surface area contributed by atoms with Crippen molar-refractivity contribution in [3.63, 3.8) is 0 Å². The lowest BCUT2D eigenvalue weighted by atomic mass is 10.1. The Morgan fingerprint density at radius 3 is 2.70 bits per heavy atom. The summed E-state index contributed by atoms with van der Waals surface area (Å²) in [5.41, 5.74) is 0.646. The summed E-state index contributed by atoms with van der Waals surface area (Å²) in [5.74, 6) is 2.10. The van der Waals surface area contributed by atoms with Gasteiger partial charge in [-0.25, -0.2) is 4.98 Å². The number of fused-ring (bicyclic) bond motifs is 1. The number of aromatic nitrogens is 2. The van der Waals surface area contributed by atoms with E-state index in [1.165, 1.54) is 0 Å². The van der Waals surface area contributed by atoms with Crippen molar-refractivity contribution in [1.29, 1.82) is 0 Å². The summed E-state index contributed by atoms with van der Waals surface area (Å²) >= 11 is 5.97. The number of benzene rings is 1. The fourth-order valence-electron chi connectivity index (χ4n) is 2.70. The molecule has 4 nitrogen and oxygen atoms in total. The number of hydrogen-bond donors (Lipinski definition) is 0. The molecule has 3 rings (SSSR count). The molecular formula is C14H15ClN2O2S. The molecule has 1 aromatic carbocycles. The van der Waals surface area contributed by atoms with Crippen LogP contribution < -0.4 is 5.56 Å². The second-order valence-corrected chi connectivity index (χ2v) is 6.90. The maximum atomic E-state index is 12.7. The standard InChI is InChI=1S/C14H15ClN2O2S/c15-9-13-16-12-4-2-1-3-11(12)14(18)17(13)10-5-7-20(19)8-6-10/h1-4,10H,5-9H2. The monoisotopic (exact) mass is 310 g/mol. The molecule has 0 bridgehead atoms. The van der Waals surface area contributed by atoms with Crippen LogP contribution in [0.2, 0.25) is 0 Å². The third-order valence-corrected chi connectivity index (χ3v) is 5.34. The molecule has 0 atom stereocenters. The van der Waals surface area contributed by atoms with E-state index >= 15 is 0 Å². The van der Waals surface area contributed by atoms with Crippen LogP contribution >= 0.6 is 11.6 Å². The zero-order chi connectivity index (χ0) is 14.1. The average molecular weight is 311 g/mol. The minimum atomic E-state index is -0.746. The zero-order valence-corrected chi connectivity index (χ0v) is 12.5. The molecule has 0 unspecified atom stereocenters. The van der Waals surface area contributed by atoms with Crippen LogP contribution in [0, 0.1) is 0 Å². The largest absolute Gasteiger partial charge is 0.292 e. The van der Waals surface area contributed by atoms with Crippen molar-refractivity contribution in [2.75, 3.05) is 11.5 Å². The van der Waals surface area contributed by atoms with Gasteiger partial charge in [-0.1, -0.05) is 12.1 Å². The summed E-state index contributed by atoms with van der Waals surface area (Å²) in [4.78, 5) is 17.2. The van der Waals surface area contributed by atoms with Crippen LogP contribution in [-0.4, -0.2) is 25.3 Å². The molecule has 0 saturated carbocycles. The van der Waals surface area contributed by atoms with Crippen molar-refractivity contribution in [1.82, 2.24) is 9.55 Å². The molecular weight excluding hydrogens is 296 g/mol. The first kappa shape index (κ1) is 13.8. The molecule has 0 N–H and O–H groups in total. The lowest BCUT2D eigenvalue weighted by Gasteiger charge is -2.25. The van der Waals surface area contributed by atoms with Gasteiger partial charge in [0.2, 0.25) is 0 Å². The molecule has 2 heterocycles. The third kappa shape index (κ3) is 2.40. The minimum absolute atomic E-state index is 0.0380. The van der Waals surface area contributed by atoms with E-state index in [2.05, 4.69) is 4.98 Å². The van der Waals surface area contributed by atoms with Gasteiger partial charge in [-0.05, 0) is 25.0 Å². The number of alkyl halides is 1. The van der Waals surface area contributed by atoms with Crippen LogP contribution in [-0.2, 0) is 16.7 Å². The highest BCUT2D eigenvalue weighted by molar-refractivity contribution is 7.85. The quantitative estimate of drug-likeness (QED) is 0.799. The fourth-order valence-corrected chi connectivity index (χ4v) is 4.16. The molecule has 20 heavy (non-hydrogen) atoms. The number of rotatable bonds is 2. The van der Waals surface area contributed by atoms with Gasteiger partial charge >= 0.3 is 0 Å². The normalized spacial score (nSPS) is 23.1. The summed E-state index contributed by atoms with van der Waals surface area (Å²) in [6.07, 6.45) is 1.49. The van der Waals surface area contributed by atoms with E-state index < -0.39 is 10.8 Å². The van der Waals surface area contributed by atoms with Gasteiger partial charge in [-0.3, -0.25) is 13.6 Å². The van der Waals surface area contributed by atoms with Crippen molar-refractivity contribution in [2.45, 2.75) is 24.8 Å². The highest BCUT2D eigenvalue weighted by Gasteiger charge is 2.23. The molecule has 1 aliphatic heterocycles. The minimum Gasteiger partial charge on any atom is -0.292 e. The van der Waals surface area contributed by atoms with Crippen LogP contribution in [0.15, 0.2) is 29.1 Å². The van der Waals surface area contributed by atoms with Crippen molar-refractivity contribution in [3.8, 4) is 0 Å². The molecule has 6 heteroatoms. The molecule has 0 radical (unpaired) electrons. The molecule has 1 saturated heterocycles. The third-order valence-electron chi connectivity index (χ3n) is 3.72. The van der Waals surface area contributed by atoms with Gasteiger partial charge in [0.15, 0.2) is 0 Å². The topological polar surface area (TPSA) is 52.0 Å². The summed E-state index contributed by atoms with van der Waals surface area (Å²) in [6.45, 7) is 0. The Morgan fingerprint density at radius 1 is 1.30 bits per heavy atom. The van der Waals surface area contributed by atoms with Crippen LogP contribution in [0.3, 0.4) is 0 Å². The maximum Gasteiger partial charge on any atom is 0.261 e. The predicted octanol–water partition coefficient (Wildman–Crippen LogP) is 2.22. The fraction of sp³-hybridized carbons (Fsp3) is 0.429. The Kier molecular flexibility index (Phi) is 3.89. The number of para-hydroxylation sites is 1. The van der Waals surface area contributed by atoms with Gasteiger partial charge in [-0.15, -0.1) is 11.6 Å². The SMILES string of the molecule is O=c1c2ccccc2nc(CCl)n1C1CCS(=O)CC1. The maximum absolute atomic E-state index is 12.7. The van der Waals surface area contributed by atoms with E-state index in [1.807, 2.05) is 18.2 Å². The van der Waals surface area contributed by atoms with Crippen LogP contribution in [0.4, 0.5) is 0 Å². The van der Waals surface area contributed by atoms with E-state index in [-0.39, 0.29) is 17.5 Å². The lowest BCUT2D eigenvalue weighted by Crippen LogP contribution is -2.33. The smallest absolute Gasteiger partial charge is 0.261 e. The van der Waals surface area contributed by atoms with Crippen molar-refractivity contribution in [2.24, 2.45) is 0 Å². The molecule has 106 valence electrons. The second kappa shape index (κ2) is 5.66.